The number of anilines is 1. The van der Waals surface area contributed by atoms with Gasteiger partial charge in [-0.25, -0.2) is 0 Å². The van der Waals surface area contributed by atoms with Crippen LogP contribution in [0.3, 0.4) is 0 Å². The third-order valence-corrected chi connectivity index (χ3v) is 3.02. The zero-order chi connectivity index (χ0) is 14.1. The third-order valence-electron chi connectivity index (χ3n) is 3.02. The molecule has 1 rings (SSSR count). The molecule has 1 aromatic carbocycles. The van der Waals surface area contributed by atoms with E-state index in [1.807, 2.05) is 32.9 Å². The Balaban J connectivity index is 3.07. The highest BCUT2D eigenvalue weighted by molar-refractivity contribution is 6.08. The summed E-state index contributed by atoms with van der Waals surface area (Å²) in [4.78, 5) is 23.0. The molecule has 18 heavy (non-hydrogen) atoms. The van der Waals surface area contributed by atoms with Crippen molar-refractivity contribution in [2.75, 3.05) is 5.32 Å². The van der Waals surface area contributed by atoms with E-state index in [0.717, 1.165) is 16.7 Å². The van der Waals surface area contributed by atoms with Gasteiger partial charge < -0.3 is 10.4 Å². The lowest BCUT2D eigenvalue weighted by Crippen LogP contribution is -2.38. The second kappa shape index (κ2) is 4.80. The Morgan fingerprint density at radius 1 is 1.11 bits per heavy atom. The van der Waals surface area contributed by atoms with Crippen LogP contribution in [0.1, 0.15) is 30.5 Å². The lowest BCUT2D eigenvalue weighted by Gasteiger charge is -2.20. The maximum absolute atomic E-state index is 12.0. The molecule has 0 aliphatic heterocycles. The van der Waals surface area contributed by atoms with Crippen LogP contribution in [-0.2, 0) is 9.59 Å². The Morgan fingerprint density at radius 3 is 1.94 bits per heavy atom. The van der Waals surface area contributed by atoms with Crippen molar-refractivity contribution in [2.45, 2.75) is 34.6 Å². The van der Waals surface area contributed by atoms with Gasteiger partial charge in [-0.2, -0.15) is 0 Å². The topological polar surface area (TPSA) is 66.4 Å². The molecule has 98 valence electrons. The summed E-state index contributed by atoms with van der Waals surface area (Å²) in [6, 6.07) is 3.91. The van der Waals surface area contributed by atoms with E-state index in [-0.39, 0.29) is 0 Å². The molecule has 4 heteroatoms. The number of benzene rings is 1. The van der Waals surface area contributed by atoms with Crippen molar-refractivity contribution < 1.29 is 14.7 Å². The van der Waals surface area contributed by atoms with Crippen molar-refractivity contribution >= 4 is 17.6 Å². The fraction of sp³-hybridized carbons (Fsp3) is 0.429. The number of nitrogens with one attached hydrogen (secondary N) is 1. The summed E-state index contributed by atoms with van der Waals surface area (Å²) in [5.74, 6) is -1.65. The Hall–Kier alpha value is -1.84. The van der Waals surface area contributed by atoms with Crippen LogP contribution in [-0.4, -0.2) is 17.0 Å². The van der Waals surface area contributed by atoms with E-state index in [1.165, 1.54) is 13.8 Å². The van der Waals surface area contributed by atoms with Crippen LogP contribution in [0.15, 0.2) is 12.1 Å². The molecular formula is C14H19NO3. The van der Waals surface area contributed by atoms with Crippen LogP contribution < -0.4 is 5.32 Å². The van der Waals surface area contributed by atoms with Gasteiger partial charge in [0.25, 0.3) is 0 Å². The summed E-state index contributed by atoms with van der Waals surface area (Å²) < 4.78 is 0. The molecule has 4 nitrogen and oxygen atoms in total. The van der Waals surface area contributed by atoms with E-state index in [9.17, 15) is 9.59 Å². The quantitative estimate of drug-likeness (QED) is 0.809. The number of rotatable bonds is 3. The van der Waals surface area contributed by atoms with E-state index in [2.05, 4.69) is 5.32 Å². The number of amides is 1. The minimum Gasteiger partial charge on any atom is -0.480 e. The largest absolute Gasteiger partial charge is 0.480 e. The van der Waals surface area contributed by atoms with Crippen LogP contribution in [0.4, 0.5) is 5.69 Å². The second-order valence-corrected chi connectivity index (χ2v) is 5.16. The van der Waals surface area contributed by atoms with Crippen LogP contribution in [0.25, 0.3) is 0 Å². The Labute approximate surface area is 107 Å². The lowest BCUT2D eigenvalue weighted by molar-refractivity contribution is -0.151. The highest BCUT2D eigenvalue weighted by atomic mass is 16.4. The molecule has 0 unspecified atom stereocenters. The van der Waals surface area contributed by atoms with Gasteiger partial charge in [0, 0.05) is 5.69 Å². The van der Waals surface area contributed by atoms with Crippen LogP contribution >= 0.6 is 0 Å². The van der Waals surface area contributed by atoms with Crippen molar-refractivity contribution in [3.8, 4) is 0 Å². The molecule has 0 radical (unpaired) electrons. The predicted octanol–water partition coefficient (Wildman–Crippen LogP) is 2.66. The summed E-state index contributed by atoms with van der Waals surface area (Å²) in [7, 11) is 0. The van der Waals surface area contributed by atoms with Crippen LogP contribution in [0.5, 0.6) is 0 Å². The number of carboxylic acid groups (broad SMARTS) is 1. The minimum absolute atomic E-state index is 0.509. The molecule has 0 saturated carbocycles. The Bertz CT molecular complexity index is 481. The zero-order valence-corrected chi connectivity index (χ0v) is 11.4. The minimum atomic E-state index is -1.44. The summed E-state index contributed by atoms with van der Waals surface area (Å²) in [5.41, 5.74) is 2.23. The van der Waals surface area contributed by atoms with Gasteiger partial charge in [0.2, 0.25) is 5.91 Å². The van der Waals surface area contributed by atoms with Gasteiger partial charge in [-0.1, -0.05) is 17.7 Å². The van der Waals surface area contributed by atoms with E-state index in [4.69, 9.17) is 5.11 Å². The summed E-state index contributed by atoms with van der Waals surface area (Å²) in [5, 5.41) is 11.7. The van der Waals surface area contributed by atoms with E-state index in [0.29, 0.717) is 5.69 Å². The number of hydrogen-bond donors (Lipinski definition) is 2. The molecule has 1 aromatic rings. The average molecular weight is 249 g/mol. The normalized spacial score (nSPS) is 11.2. The van der Waals surface area contributed by atoms with E-state index < -0.39 is 17.3 Å². The van der Waals surface area contributed by atoms with Gasteiger partial charge in [0.15, 0.2) is 0 Å². The van der Waals surface area contributed by atoms with E-state index in [1.54, 1.807) is 0 Å². The van der Waals surface area contributed by atoms with Gasteiger partial charge >= 0.3 is 5.97 Å². The smallest absolute Gasteiger partial charge is 0.318 e. The van der Waals surface area contributed by atoms with Gasteiger partial charge in [0.1, 0.15) is 5.41 Å². The molecule has 0 bridgehead atoms. The second-order valence-electron chi connectivity index (χ2n) is 5.16. The predicted molar refractivity (Wildman–Crippen MR) is 70.7 cm³/mol. The molecule has 0 atom stereocenters. The molecule has 0 spiro atoms. The number of hydrogen-bond acceptors (Lipinski definition) is 2. The summed E-state index contributed by atoms with van der Waals surface area (Å²) >= 11 is 0. The molecule has 0 aromatic heterocycles. The molecular weight excluding hydrogens is 230 g/mol. The number of aryl methyl sites for hydroxylation is 3. The third kappa shape index (κ3) is 2.70. The molecule has 0 heterocycles. The first-order valence-corrected chi connectivity index (χ1v) is 5.79. The zero-order valence-electron chi connectivity index (χ0n) is 11.4. The molecule has 0 aliphatic carbocycles. The van der Waals surface area contributed by atoms with Crippen LogP contribution in [0, 0.1) is 26.2 Å². The molecule has 0 saturated heterocycles. The molecule has 0 aliphatic rings. The van der Waals surface area contributed by atoms with Crippen molar-refractivity contribution in [2.24, 2.45) is 5.41 Å². The van der Waals surface area contributed by atoms with Gasteiger partial charge in [0.05, 0.1) is 0 Å². The first-order valence-electron chi connectivity index (χ1n) is 5.79. The SMILES string of the molecule is Cc1cc(C)c(NC(=O)C(C)(C)C(=O)O)c(C)c1. The van der Waals surface area contributed by atoms with Crippen molar-refractivity contribution in [1.29, 1.82) is 0 Å². The van der Waals surface area contributed by atoms with E-state index >= 15 is 0 Å². The average Bonchev–Trinajstić information content (AvgIpc) is 2.22. The van der Waals surface area contributed by atoms with Gasteiger partial charge in [-0.05, 0) is 45.7 Å². The highest BCUT2D eigenvalue weighted by Gasteiger charge is 2.36. The number of carbonyl (C=O) groups is 2. The van der Waals surface area contributed by atoms with Crippen molar-refractivity contribution in [1.82, 2.24) is 0 Å². The maximum atomic E-state index is 12.0. The van der Waals surface area contributed by atoms with Crippen molar-refractivity contribution in [3.05, 3.63) is 28.8 Å². The first kappa shape index (κ1) is 14.2. The number of carbonyl (C=O) groups excluding carboxylic acids is 1. The molecule has 1 amide bonds. The van der Waals surface area contributed by atoms with Crippen molar-refractivity contribution in [3.63, 3.8) is 0 Å². The monoisotopic (exact) mass is 249 g/mol. The summed E-state index contributed by atoms with van der Waals surface area (Å²) in [6.45, 7) is 8.55. The van der Waals surface area contributed by atoms with Crippen LogP contribution in [0.2, 0.25) is 0 Å². The Morgan fingerprint density at radius 2 is 1.56 bits per heavy atom. The molecule has 2 N–H and O–H groups in total. The first-order chi connectivity index (χ1) is 8.16. The molecule has 0 fully saturated rings. The van der Waals surface area contributed by atoms with Gasteiger partial charge in [-0.3, -0.25) is 9.59 Å². The van der Waals surface area contributed by atoms with Gasteiger partial charge in [-0.15, -0.1) is 0 Å². The maximum Gasteiger partial charge on any atom is 0.318 e. The lowest BCUT2D eigenvalue weighted by atomic mass is 9.92. The standard InChI is InChI=1S/C14H19NO3/c1-8-6-9(2)11(10(3)7-8)15-12(16)14(4,5)13(17)18/h6-7H,1-5H3,(H,15,16)(H,17,18). The fourth-order valence-electron chi connectivity index (χ4n) is 1.74. The Kier molecular flexibility index (Phi) is 3.79. The number of aliphatic carboxylic acids is 1. The summed E-state index contributed by atoms with van der Waals surface area (Å²) in [6.07, 6.45) is 0. The fourth-order valence-corrected chi connectivity index (χ4v) is 1.74. The number of carboxylic acids is 1. The highest BCUT2D eigenvalue weighted by Crippen LogP contribution is 2.25.